The van der Waals surface area contributed by atoms with E-state index in [2.05, 4.69) is 27.1 Å². The summed E-state index contributed by atoms with van der Waals surface area (Å²) in [7, 11) is 0. The molecule has 21 heavy (non-hydrogen) atoms. The molecule has 1 aromatic rings. The van der Waals surface area contributed by atoms with Gasteiger partial charge in [-0.2, -0.15) is 0 Å². The summed E-state index contributed by atoms with van der Waals surface area (Å²) in [5, 5.41) is 3.49. The van der Waals surface area contributed by atoms with Crippen LogP contribution in [-0.4, -0.2) is 36.1 Å². The fraction of sp³-hybridized carbons (Fsp3) is 0.765. The lowest BCUT2D eigenvalue weighted by Gasteiger charge is -2.34. The zero-order valence-corrected chi connectivity index (χ0v) is 13.3. The molecular formula is C17H28N4. The van der Waals surface area contributed by atoms with Crippen molar-refractivity contribution < 1.29 is 0 Å². The van der Waals surface area contributed by atoms with Crippen molar-refractivity contribution in [2.24, 2.45) is 5.92 Å². The van der Waals surface area contributed by atoms with E-state index in [0.717, 1.165) is 32.0 Å². The number of anilines is 1. The summed E-state index contributed by atoms with van der Waals surface area (Å²) in [6.07, 6.45) is 10.6. The van der Waals surface area contributed by atoms with Gasteiger partial charge in [0.25, 0.3) is 0 Å². The molecule has 0 amide bonds. The summed E-state index contributed by atoms with van der Waals surface area (Å²) >= 11 is 0. The maximum absolute atomic E-state index is 4.64. The molecule has 0 unspecified atom stereocenters. The number of aryl methyl sites for hydroxylation is 1. The van der Waals surface area contributed by atoms with Gasteiger partial charge in [0.05, 0.1) is 0 Å². The van der Waals surface area contributed by atoms with Crippen molar-refractivity contribution in [2.75, 3.05) is 31.1 Å². The minimum atomic E-state index is 0.835. The number of nitrogens with one attached hydrogen (secondary N) is 1. The van der Waals surface area contributed by atoms with Crippen LogP contribution in [0.3, 0.4) is 0 Å². The minimum absolute atomic E-state index is 0.835. The second-order valence-electron chi connectivity index (χ2n) is 6.42. The van der Waals surface area contributed by atoms with Crippen LogP contribution >= 0.6 is 0 Å². The Hall–Kier alpha value is -1.16. The van der Waals surface area contributed by atoms with Gasteiger partial charge in [-0.1, -0.05) is 13.3 Å². The van der Waals surface area contributed by atoms with Crippen LogP contribution in [0.5, 0.6) is 0 Å². The molecule has 3 rings (SSSR count). The molecule has 4 heteroatoms. The Morgan fingerprint density at radius 1 is 1.14 bits per heavy atom. The highest BCUT2D eigenvalue weighted by Crippen LogP contribution is 2.29. The molecule has 0 atom stereocenters. The van der Waals surface area contributed by atoms with Gasteiger partial charge in [-0.3, -0.25) is 0 Å². The van der Waals surface area contributed by atoms with E-state index in [1.165, 1.54) is 62.1 Å². The molecule has 1 saturated heterocycles. The molecule has 0 radical (unpaired) electrons. The molecule has 1 N–H and O–H groups in total. The molecule has 0 saturated carbocycles. The first-order valence-electron chi connectivity index (χ1n) is 8.67. The molecule has 0 spiro atoms. The molecule has 1 fully saturated rings. The van der Waals surface area contributed by atoms with Gasteiger partial charge in [-0.05, 0) is 57.5 Å². The lowest BCUT2D eigenvalue weighted by atomic mass is 9.96. The van der Waals surface area contributed by atoms with Crippen LogP contribution in [0, 0.1) is 5.92 Å². The van der Waals surface area contributed by atoms with Crippen molar-refractivity contribution in [1.82, 2.24) is 15.3 Å². The predicted molar refractivity (Wildman–Crippen MR) is 86.8 cm³/mol. The molecule has 0 aromatic carbocycles. The molecule has 4 nitrogen and oxygen atoms in total. The molecule has 1 aliphatic heterocycles. The van der Waals surface area contributed by atoms with Crippen LogP contribution in [0.15, 0.2) is 6.33 Å². The Morgan fingerprint density at radius 3 is 2.76 bits per heavy atom. The molecular weight excluding hydrogens is 260 g/mol. The number of rotatable bonds is 4. The maximum Gasteiger partial charge on any atom is 0.135 e. The van der Waals surface area contributed by atoms with Gasteiger partial charge in [0.1, 0.15) is 12.1 Å². The van der Waals surface area contributed by atoms with Crippen LogP contribution in [0.1, 0.15) is 50.3 Å². The van der Waals surface area contributed by atoms with Gasteiger partial charge in [0.2, 0.25) is 0 Å². The Bertz CT molecular complexity index is 452. The van der Waals surface area contributed by atoms with E-state index >= 15 is 0 Å². The molecule has 0 bridgehead atoms. The van der Waals surface area contributed by atoms with E-state index in [1.54, 1.807) is 6.33 Å². The highest BCUT2D eigenvalue weighted by atomic mass is 15.2. The first-order chi connectivity index (χ1) is 10.4. The third-order valence-electron chi connectivity index (χ3n) is 4.95. The highest BCUT2D eigenvalue weighted by Gasteiger charge is 2.23. The van der Waals surface area contributed by atoms with Crippen LogP contribution in [0.25, 0.3) is 0 Å². The predicted octanol–water partition coefficient (Wildman–Crippen LogP) is 2.57. The van der Waals surface area contributed by atoms with Crippen LogP contribution in [0.2, 0.25) is 0 Å². The van der Waals surface area contributed by atoms with Crippen molar-refractivity contribution in [2.45, 2.75) is 51.9 Å². The summed E-state index contributed by atoms with van der Waals surface area (Å²) in [4.78, 5) is 11.7. The van der Waals surface area contributed by atoms with Crippen LogP contribution < -0.4 is 10.2 Å². The summed E-state index contributed by atoms with van der Waals surface area (Å²) in [6.45, 7) is 6.75. The van der Waals surface area contributed by atoms with E-state index in [9.17, 15) is 0 Å². The van der Waals surface area contributed by atoms with Gasteiger partial charge >= 0.3 is 0 Å². The first kappa shape index (κ1) is 14.8. The van der Waals surface area contributed by atoms with E-state index in [1.807, 2.05) is 0 Å². The largest absolute Gasteiger partial charge is 0.356 e. The second kappa shape index (κ2) is 7.21. The molecule has 1 aromatic heterocycles. The molecule has 1 aliphatic carbocycles. The normalized spacial score (nSPS) is 20.1. The van der Waals surface area contributed by atoms with Gasteiger partial charge in [-0.25, -0.2) is 9.97 Å². The van der Waals surface area contributed by atoms with E-state index in [-0.39, 0.29) is 0 Å². The van der Waals surface area contributed by atoms with E-state index in [0.29, 0.717) is 0 Å². The van der Waals surface area contributed by atoms with Crippen LogP contribution in [0.4, 0.5) is 5.82 Å². The van der Waals surface area contributed by atoms with Crippen molar-refractivity contribution >= 4 is 5.82 Å². The second-order valence-corrected chi connectivity index (χ2v) is 6.42. The molecule has 2 aliphatic rings. The van der Waals surface area contributed by atoms with Crippen molar-refractivity contribution in [1.29, 1.82) is 0 Å². The zero-order chi connectivity index (χ0) is 14.5. The zero-order valence-electron chi connectivity index (χ0n) is 13.3. The third-order valence-corrected chi connectivity index (χ3v) is 4.95. The van der Waals surface area contributed by atoms with Gasteiger partial charge in [0.15, 0.2) is 0 Å². The standard InChI is InChI=1S/C17H28N4/c1-2-18-12-14-8-10-21(11-9-14)17-15-6-4-3-5-7-16(15)19-13-20-17/h13-14,18H,2-12H2,1H3. The summed E-state index contributed by atoms with van der Waals surface area (Å²) in [6, 6.07) is 0. The summed E-state index contributed by atoms with van der Waals surface area (Å²) in [5.74, 6) is 2.07. The van der Waals surface area contributed by atoms with Crippen molar-refractivity contribution in [3.05, 3.63) is 17.6 Å². The lowest BCUT2D eigenvalue weighted by Crippen LogP contribution is -2.38. The summed E-state index contributed by atoms with van der Waals surface area (Å²) < 4.78 is 0. The average molecular weight is 288 g/mol. The third kappa shape index (κ3) is 3.54. The molecule has 116 valence electrons. The highest BCUT2D eigenvalue weighted by molar-refractivity contribution is 5.49. The SMILES string of the molecule is CCNCC1CCN(c2ncnc3c2CCCCC3)CC1. The number of aromatic nitrogens is 2. The Kier molecular flexibility index (Phi) is 5.07. The van der Waals surface area contributed by atoms with E-state index < -0.39 is 0 Å². The number of fused-ring (bicyclic) bond motifs is 1. The monoisotopic (exact) mass is 288 g/mol. The number of hydrogen-bond donors (Lipinski definition) is 1. The van der Waals surface area contributed by atoms with Gasteiger partial charge in [0, 0.05) is 24.3 Å². The van der Waals surface area contributed by atoms with E-state index in [4.69, 9.17) is 0 Å². The smallest absolute Gasteiger partial charge is 0.135 e. The summed E-state index contributed by atoms with van der Waals surface area (Å²) in [5.41, 5.74) is 2.76. The Balaban J connectivity index is 1.68. The van der Waals surface area contributed by atoms with Gasteiger partial charge in [-0.15, -0.1) is 0 Å². The quantitative estimate of drug-likeness (QED) is 0.865. The fourth-order valence-corrected chi connectivity index (χ4v) is 3.65. The average Bonchev–Trinajstić information content (AvgIpc) is 2.78. The fourth-order valence-electron chi connectivity index (χ4n) is 3.65. The number of nitrogens with zero attached hydrogens (tertiary/aromatic N) is 3. The lowest BCUT2D eigenvalue weighted by molar-refractivity contribution is 0.385. The van der Waals surface area contributed by atoms with Crippen LogP contribution in [-0.2, 0) is 12.8 Å². The maximum atomic E-state index is 4.64. The Morgan fingerprint density at radius 2 is 1.95 bits per heavy atom. The molecule has 2 heterocycles. The minimum Gasteiger partial charge on any atom is -0.356 e. The Labute approximate surface area is 128 Å². The number of hydrogen-bond acceptors (Lipinski definition) is 4. The van der Waals surface area contributed by atoms with Crippen molar-refractivity contribution in [3.8, 4) is 0 Å². The van der Waals surface area contributed by atoms with Crippen molar-refractivity contribution in [3.63, 3.8) is 0 Å². The first-order valence-corrected chi connectivity index (χ1v) is 8.67. The topological polar surface area (TPSA) is 41.0 Å². The number of piperidine rings is 1. The van der Waals surface area contributed by atoms with Gasteiger partial charge < -0.3 is 10.2 Å².